The summed E-state index contributed by atoms with van der Waals surface area (Å²) in [5, 5.41) is 10.7. The summed E-state index contributed by atoms with van der Waals surface area (Å²) < 4.78 is 10.7. The first-order chi connectivity index (χ1) is 12.5. The van der Waals surface area contributed by atoms with Gasteiger partial charge >= 0.3 is 5.97 Å². The molecule has 0 fully saturated rings. The average molecular weight is 373 g/mol. The molecule has 0 atom stereocenters. The Labute approximate surface area is 153 Å². The molecule has 7 nitrogen and oxygen atoms in total. The Bertz CT molecular complexity index is 940. The predicted octanol–water partition coefficient (Wildman–Crippen LogP) is 4.44. The number of halogens is 1. The van der Waals surface area contributed by atoms with Crippen LogP contribution in [0.1, 0.15) is 12.3 Å². The molecule has 26 heavy (non-hydrogen) atoms. The molecular weight excluding hydrogens is 360 g/mol. The molecule has 1 aromatic heterocycles. The largest absolute Gasteiger partial charge is 0.441 e. The van der Waals surface area contributed by atoms with E-state index in [0.717, 1.165) is 11.6 Å². The maximum absolute atomic E-state index is 11.9. The smallest absolute Gasteiger partial charge is 0.311 e. The minimum atomic E-state index is -0.579. The Morgan fingerprint density at radius 2 is 2.00 bits per heavy atom. The van der Waals surface area contributed by atoms with Crippen molar-refractivity contribution in [2.75, 3.05) is 0 Å². The van der Waals surface area contributed by atoms with Gasteiger partial charge in [-0.25, -0.2) is 4.98 Å². The van der Waals surface area contributed by atoms with Crippen LogP contribution in [-0.4, -0.2) is 15.9 Å². The summed E-state index contributed by atoms with van der Waals surface area (Å²) in [6.45, 7) is 0. The van der Waals surface area contributed by atoms with Gasteiger partial charge in [0.25, 0.3) is 5.69 Å². The first-order valence-electron chi connectivity index (χ1n) is 7.67. The monoisotopic (exact) mass is 372 g/mol. The van der Waals surface area contributed by atoms with Crippen LogP contribution in [0, 0.1) is 10.1 Å². The molecule has 0 aliphatic carbocycles. The lowest BCUT2D eigenvalue weighted by molar-refractivity contribution is -0.384. The number of rotatable bonds is 6. The molecule has 0 saturated heterocycles. The molecule has 2 aromatic carbocycles. The molecule has 0 spiro atoms. The summed E-state index contributed by atoms with van der Waals surface area (Å²) in [5.74, 6) is 0.558. The molecule has 132 valence electrons. The van der Waals surface area contributed by atoms with Gasteiger partial charge in [0.05, 0.1) is 22.6 Å². The van der Waals surface area contributed by atoms with Crippen LogP contribution in [0.25, 0.3) is 11.3 Å². The van der Waals surface area contributed by atoms with Crippen LogP contribution in [0.2, 0.25) is 5.02 Å². The van der Waals surface area contributed by atoms with Crippen LogP contribution >= 0.6 is 11.6 Å². The minimum absolute atomic E-state index is 0.00459. The highest BCUT2D eigenvalue weighted by Crippen LogP contribution is 2.29. The number of nitrogens with zero attached hydrogens (tertiary/aromatic N) is 2. The fraction of sp³-hybridized carbons (Fsp3) is 0.111. The second kappa shape index (κ2) is 7.79. The van der Waals surface area contributed by atoms with Crippen LogP contribution in [0.3, 0.4) is 0 Å². The van der Waals surface area contributed by atoms with Gasteiger partial charge in [0, 0.05) is 24.1 Å². The average Bonchev–Trinajstić information content (AvgIpc) is 3.11. The van der Waals surface area contributed by atoms with Gasteiger partial charge < -0.3 is 9.15 Å². The Morgan fingerprint density at radius 1 is 1.23 bits per heavy atom. The molecule has 0 radical (unpaired) electrons. The van der Waals surface area contributed by atoms with Gasteiger partial charge in [-0.05, 0) is 6.07 Å². The number of benzene rings is 2. The van der Waals surface area contributed by atoms with E-state index in [9.17, 15) is 14.9 Å². The maximum atomic E-state index is 11.9. The van der Waals surface area contributed by atoms with Crippen molar-refractivity contribution in [1.82, 2.24) is 4.98 Å². The maximum Gasteiger partial charge on any atom is 0.311 e. The van der Waals surface area contributed by atoms with Crippen molar-refractivity contribution in [3.63, 3.8) is 0 Å². The van der Waals surface area contributed by atoms with E-state index in [1.807, 2.05) is 30.3 Å². The van der Waals surface area contributed by atoms with E-state index in [-0.39, 0.29) is 29.3 Å². The first kappa shape index (κ1) is 17.6. The van der Waals surface area contributed by atoms with Crippen molar-refractivity contribution in [2.45, 2.75) is 12.8 Å². The van der Waals surface area contributed by atoms with E-state index in [0.29, 0.717) is 11.7 Å². The lowest BCUT2D eigenvalue weighted by Gasteiger charge is -2.05. The third kappa shape index (κ3) is 4.25. The molecule has 0 aliphatic heterocycles. The number of aryl methyl sites for hydroxylation is 1. The molecule has 1 heterocycles. The van der Waals surface area contributed by atoms with Gasteiger partial charge in [-0.15, -0.1) is 0 Å². The third-order valence-electron chi connectivity index (χ3n) is 3.50. The van der Waals surface area contributed by atoms with Crippen LogP contribution < -0.4 is 4.74 Å². The van der Waals surface area contributed by atoms with Gasteiger partial charge in [-0.3, -0.25) is 14.9 Å². The van der Waals surface area contributed by atoms with Gasteiger partial charge in [0.1, 0.15) is 5.75 Å². The van der Waals surface area contributed by atoms with Crippen molar-refractivity contribution in [1.29, 1.82) is 0 Å². The van der Waals surface area contributed by atoms with Gasteiger partial charge in [-0.1, -0.05) is 41.9 Å². The highest BCUT2D eigenvalue weighted by Gasteiger charge is 2.14. The molecule has 3 aromatic rings. The molecule has 0 aliphatic rings. The summed E-state index contributed by atoms with van der Waals surface area (Å²) in [7, 11) is 0. The van der Waals surface area contributed by atoms with Crippen molar-refractivity contribution in [2.24, 2.45) is 0 Å². The third-order valence-corrected chi connectivity index (χ3v) is 3.80. The lowest BCUT2D eigenvalue weighted by Crippen LogP contribution is -2.09. The number of oxazole rings is 1. The zero-order valence-electron chi connectivity index (χ0n) is 13.4. The summed E-state index contributed by atoms with van der Waals surface area (Å²) in [6, 6.07) is 13.1. The fourth-order valence-corrected chi connectivity index (χ4v) is 2.44. The highest BCUT2D eigenvalue weighted by atomic mass is 35.5. The molecule has 0 unspecified atom stereocenters. The van der Waals surface area contributed by atoms with E-state index < -0.39 is 10.9 Å². The fourth-order valence-electron chi connectivity index (χ4n) is 2.23. The molecule has 0 amide bonds. The zero-order chi connectivity index (χ0) is 18.5. The SMILES string of the molecule is O=C(CCc1ncc(-c2ccccc2)o1)Oc1ccc([N+](=O)[O-])cc1Cl. The Kier molecular flexibility index (Phi) is 5.28. The molecule has 0 saturated carbocycles. The Morgan fingerprint density at radius 3 is 2.69 bits per heavy atom. The van der Waals surface area contributed by atoms with E-state index in [1.165, 1.54) is 12.1 Å². The highest BCUT2D eigenvalue weighted by molar-refractivity contribution is 6.32. The van der Waals surface area contributed by atoms with Crippen molar-refractivity contribution in [3.05, 3.63) is 75.8 Å². The summed E-state index contributed by atoms with van der Waals surface area (Å²) in [6.07, 6.45) is 1.89. The summed E-state index contributed by atoms with van der Waals surface area (Å²) in [5.41, 5.74) is 0.717. The topological polar surface area (TPSA) is 95.5 Å². The molecule has 0 N–H and O–H groups in total. The number of hydrogen-bond donors (Lipinski definition) is 0. The van der Waals surface area contributed by atoms with Crippen LogP contribution in [0.15, 0.2) is 59.1 Å². The second-order valence-corrected chi connectivity index (χ2v) is 5.74. The van der Waals surface area contributed by atoms with Crippen molar-refractivity contribution >= 4 is 23.3 Å². The molecule has 3 rings (SSSR count). The van der Waals surface area contributed by atoms with Crippen LogP contribution in [0.5, 0.6) is 5.75 Å². The van der Waals surface area contributed by atoms with E-state index in [1.54, 1.807) is 6.20 Å². The normalized spacial score (nSPS) is 10.5. The number of hydrogen-bond acceptors (Lipinski definition) is 6. The first-order valence-corrected chi connectivity index (χ1v) is 8.05. The molecule has 0 bridgehead atoms. The number of nitro benzene ring substituents is 1. The minimum Gasteiger partial charge on any atom is -0.441 e. The van der Waals surface area contributed by atoms with Gasteiger partial charge in [0.15, 0.2) is 11.7 Å². The molecular formula is C18H13ClN2O5. The number of aromatic nitrogens is 1. The Balaban J connectivity index is 1.58. The predicted molar refractivity (Wildman–Crippen MR) is 94.0 cm³/mol. The second-order valence-electron chi connectivity index (χ2n) is 5.33. The standard InChI is InChI=1S/C18H13ClN2O5/c19-14-10-13(21(23)24)6-7-15(14)26-18(22)9-8-17-20-11-16(25-17)12-4-2-1-3-5-12/h1-7,10-11H,8-9H2. The molecule has 8 heteroatoms. The van der Waals surface area contributed by atoms with Crippen LogP contribution in [-0.2, 0) is 11.2 Å². The van der Waals surface area contributed by atoms with E-state index in [2.05, 4.69) is 4.98 Å². The number of non-ortho nitro benzene ring substituents is 1. The van der Waals surface area contributed by atoms with Crippen molar-refractivity contribution in [3.8, 4) is 17.1 Å². The van der Waals surface area contributed by atoms with E-state index in [4.69, 9.17) is 20.8 Å². The van der Waals surface area contributed by atoms with E-state index >= 15 is 0 Å². The number of nitro groups is 1. The summed E-state index contributed by atoms with van der Waals surface area (Å²) in [4.78, 5) is 26.2. The van der Waals surface area contributed by atoms with Crippen molar-refractivity contribution < 1.29 is 18.9 Å². The number of ether oxygens (including phenoxy) is 1. The zero-order valence-corrected chi connectivity index (χ0v) is 14.2. The Hall–Kier alpha value is -3.19. The summed E-state index contributed by atoms with van der Waals surface area (Å²) >= 11 is 5.89. The number of esters is 1. The number of carbonyl (C=O) groups excluding carboxylic acids is 1. The van der Waals surface area contributed by atoms with Crippen LogP contribution in [0.4, 0.5) is 5.69 Å². The lowest BCUT2D eigenvalue weighted by atomic mass is 10.2. The quantitative estimate of drug-likeness (QED) is 0.274. The van der Waals surface area contributed by atoms with Gasteiger partial charge in [-0.2, -0.15) is 0 Å². The number of carbonyl (C=O) groups is 1. The van der Waals surface area contributed by atoms with Gasteiger partial charge in [0.2, 0.25) is 0 Å².